The minimum atomic E-state index is -5.16. The maximum Gasteiger partial charge on any atom is 0.319 e. The smallest absolute Gasteiger partial charge is 0.319 e. The van der Waals surface area contributed by atoms with Crippen molar-refractivity contribution in [2.24, 2.45) is 10.2 Å². The summed E-state index contributed by atoms with van der Waals surface area (Å²) in [6, 6.07) is 8.43. The molecule has 16 nitrogen and oxygen atoms in total. The van der Waals surface area contributed by atoms with Crippen LogP contribution in [0.3, 0.4) is 0 Å². The molecule has 0 unspecified atom stereocenters. The van der Waals surface area contributed by atoms with Gasteiger partial charge < -0.3 is 10.4 Å². The number of nitrogens with one attached hydrogen (secondary N) is 1. The van der Waals surface area contributed by atoms with Crippen molar-refractivity contribution in [1.82, 2.24) is 15.0 Å². The third-order valence-corrected chi connectivity index (χ3v) is 8.43. The zero-order valence-corrected chi connectivity index (χ0v) is 23.7. The van der Waals surface area contributed by atoms with E-state index >= 15 is 0 Å². The van der Waals surface area contributed by atoms with Crippen molar-refractivity contribution in [2.45, 2.75) is 26.8 Å². The fourth-order valence-electron chi connectivity index (χ4n) is 3.44. The van der Waals surface area contributed by atoms with Gasteiger partial charge >= 0.3 is 6.01 Å². The van der Waals surface area contributed by atoms with Crippen molar-refractivity contribution in [3.05, 3.63) is 48.5 Å². The predicted octanol–water partition coefficient (Wildman–Crippen LogP) is 3.74. The van der Waals surface area contributed by atoms with E-state index < -0.39 is 61.8 Å². The second-order valence-electron chi connectivity index (χ2n) is 7.93. The van der Waals surface area contributed by atoms with E-state index in [1.807, 2.05) is 6.92 Å². The molecule has 0 fully saturated rings. The van der Waals surface area contributed by atoms with Gasteiger partial charge in [0.15, 0.2) is 5.16 Å². The van der Waals surface area contributed by atoms with Crippen LogP contribution in [-0.4, -0.2) is 64.7 Å². The van der Waals surface area contributed by atoms with E-state index in [-0.39, 0.29) is 17.3 Å². The lowest BCUT2D eigenvalue weighted by Gasteiger charge is -2.11. The molecule has 4 rings (SSSR count). The van der Waals surface area contributed by atoms with Crippen LogP contribution in [-0.2, 0) is 30.4 Å². The molecule has 0 amide bonds. The van der Waals surface area contributed by atoms with Crippen LogP contribution in [0.25, 0.3) is 10.8 Å². The van der Waals surface area contributed by atoms with Crippen LogP contribution >= 0.6 is 11.8 Å². The highest BCUT2D eigenvalue weighted by molar-refractivity contribution is 7.99. The lowest BCUT2D eigenvalue weighted by molar-refractivity contribution is 0.422. The molecule has 0 bridgehead atoms. The average Bonchev–Trinajstić information content (AvgIpc) is 2.85. The Labute approximate surface area is 236 Å². The van der Waals surface area contributed by atoms with Crippen LogP contribution < -0.4 is 5.32 Å². The van der Waals surface area contributed by atoms with E-state index in [1.54, 1.807) is 12.1 Å². The molecule has 0 aliphatic rings. The molecule has 0 aliphatic carbocycles. The molecule has 1 aromatic heterocycles. The first-order valence-corrected chi connectivity index (χ1v) is 16.3. The predicted molar refractivity (Wildman–Crippen MR) is 145 cm³/mol. The highest BCUT2D eigenvalue weighted by atomic mass is 32.2. The van der Waals surface area contributed by atoms with Gasteiger partial charge in [-0.2, -0.15) is 50.4 Å². The summed E-state index contributed by atoms with van der Waals surface area (Å²) in [4.78, 5) is 8.69. The van der Waals surface area contributed by atoms with Crippen molar-refractivity contribution in [1.29, 1.82) is 0 Å². The number of rotatable bonds is 9. The van der Waals surface area contributed by atoms with E-state index in [0.717, 1.165) is 12.1 Å². The molecule has 0 saturated carbocycles. The summed E-state index contributed by atoms with van der Waals surface area (Å²) < 4.78 is 100. The van der Waals surface area contributed by atoms with Gasteiger partial charge in [-0.05, 0) is 54.3 Å². The zero-order chi connectivity index (χ0) is 30.2. The third kappa shape index (κ3) is 7.30. The van der Waals surface area contributed by atoms with E-state index in [2.05, 4.69) is 30.5 Å². The molecule has 20 heteroatoms. The summed E-state index contributed by atoms with van der Waals surface area (Å²) in [5.74, 6) is 0.761. The average molecular weight is 643 g/mol. The molecule has 5 N–H and O–H groups in total. The summed E-state index contributed by atoms with van der Waals surface area (Å²) in [7, 11) is -15.3. The highest BCUT2D eigenvalue weighted by Gasteiger charge is 2.25. The first-order chi connectivity index (χ1) is 19.0. The number of nitrogens with zero attached hydrogens (tertiary/aromatic N) is 5. The maximum absolute atomic E-state index is 12.1. The van der Waals surface area contributed by atoms with Crippen LogP contribution in [0.1, 0.15) is 6.92 Å². The van der Waals surface area contributed by atoms with Gasteiger partial charge in [-0.3, -0.25) is 13.7 Å². The molecular formula is C21H18N6O10S4. The number of anilines is 2. The normalized spacial score (nSPS) is 12.7. The Hall–Kier alpha value is -3.79. The van der Waals surface area contributed by atoms with Gasteiger partial charge in [0.1, 0.15) is 9.79 Å². The molecule has 0 radical (unpaired) electrons. The summed E-state index contributed by atoms with van der Waals surface area (Å²) in [5.41, 5.74) is 0.439. The van der Waals surface area contributed by atoms with Crippen molar-refractivity contribution in [3.8, 4) is 6.01 Å². The second-order valence-corrected chi connectivity index (χ2v) is 13.4. The Morgan fingerprint density at radius 3 is 1.93 bits per heavy atom. The Morgan fingerprint density at radius 2 is 1.34 bits per heavy atom. The van der Waals surface area contributed by atoms with Crippen molar-refractivity contribution < 1.29 is 44.0 Å². The number of benzene rings is 3. The van der Waals surface area contributed by atoms with Gasteiger partial charge in [0.2, 0.25) is 5.95 Å². The Kier molecular flexibility index (Phi) is 8.27. The summed E-state index contributed by atoms with van der Waals surface area (Å²) in [6.45, 7) is 1.89. The Bertz CT molecular complexity index is 2020. The number of aromatic hydroxyl groups is 1. The van der Waals surface area contributed by atoms with Crippen LogP contribution in [0.2, 0.25) is 0 Å². The molecule has 0 aliphatic heterocycles. The van der Waals surface area contributed by atoms with Crippen LogP contribution in [0, 0.1) is 0 Å². The summed E-state index contributed by atoms with van der Waals surface area (Å²) >= 11 is 1.30. The number of hydrogen-bond donors (Lipinski definition) is 5. The second kappa shape index (κ2) is 11.2. The largest absolute Gasteiger partial charge is 0.479 e. The molecule has 216 valence electrons. The lowest BCUT2D eigenvalue weighted by Crippen LogP contribution is -2.07. The molecule has 3 aromatic carbocycles. The van der Waals surface area contributed by atoms with E-state index in [0.29, 0.717) is 28.7 Å². The molecule has 0 atom stereocenters. The first kappa shape index (κ1) is 30.2. The number of aromatic nitrogens is 3. The molecule has 41 heavy (non-hydrogen) atoms. The van der Waals surface area contributed by atoms with Crippen LogP contribution in [0.15, 0.2) is 78.6 Å². The van der Waals surface area contributed by atoms with Gasteiger partial charge in [0, 0.05) is 16.5 Å². The molecule has 4 aromatic rings. The third-order valence-electron chi connectivity index (χ3n) is 5.09. The van der Waals surface area contributed by atoms with Crippen LogP contribution in [0.5, 0.6) is 6.01 Å². The fourth-order valence-corrected chi connectivity index (χ4v) is 6.04. The Balaban J connectivity index is 1.73. The van der Waals surface area contributed by atoms with Gasteiger partial charge in [-0.1, -0.05) is 18.7 Å². The standard InChI is InChI=1S/C21H18N6O10S4/c1-2-38-21-24-19(23-20(28)25-21)22-11-3-5-12(6-4-11)26-27-13-7-15-16(17(8-13)40(32,33)34)9-14(39(29,30)31)10-18(15)41(35,36)37/h3-10H,2H2,1H3,(H,29,30,31)(H,32,33,34)(H,35,36,37)(H2,22,23,24,25,28)/b27-26+. The number of fused-ring (bicyclic) bond motifs is 1. The summed E-state index contributed by atoms with van der Waals surface area (Å²) in [6.07, 6.45) is 0. The molecule has 0 spiro atoms. The first-order valence-electron chi connectivity index (χ1n) is 11.0. The molecule has 0 saturated heterocycles. The number of azo groups is 1. The van der Waals surface area contributed by atoms with E-state index in [9.17, 15) is 44.0 Å². The number of hydrogen-bond acceptors (Lipinski definition) is 14. The van der Waals surface area contributed by atoms with Crippen molar-refractivity contribution in [3.63, 3.8) is 0 Å². The van der Waals surface area contributed by atoms with Gasteiger partial charge in [0.05, 0.1) is 16.3 Å². The van der Waals surface area contributed by atoms with Gasteiger partial charge in [0.25, 0.3) is 30.4 Å². The monoisotopic (exact) mass is 642 g/mol. The van der Waals surface area contributed by atoms with Crippen molar-refractivity contribution >= 4 is 75.9 Å². The molecule has 1 heterocycles. The topological polar surface area (TPSA) is 259 Å². The van der Waals surface area contributed by atoms with Gasteiger partial charge in [-0.15, -0.1) is 0 Å². The van der Waals surface area contributed by atoms with Crippen molar-refractivity contribution in [2.75, 3.05) is 11.1 Å². The van der Waals surface area contributed by atoms with E-state index in [4.69, 9.17) is 0 Å². The Morgan fingerprint density at radius 1 is 0.756 bits per heavy atom. The number of thioether (sulfide) groups is 1. The summed E-state index contributed by atoms with van der Waals surface area (Å²) in [5, 5.41) is 19.5. The lowest BCUT2D eigenvalue weighted by atomic mass is 10.1. The minimum Gasteiger partial charge on any atom is -0.479 e. The van der Waals surface area contributed by atoms with Gasteiger partial charge in [-0.25, -0.2) is 0 Å². The van der Waals surface area contributed by atoms with E-state index in [1.165, 1.54) is 23.9 Å². The quantitative estimate of drug-likeness (QED) is 0.0989. The minimum absolute atomic E-state index is 0.0866. The highest BCUT2D eigenvalue weighted by Crippen LogP contribution is 2.36. The zero-order valence-electron chi connectivity index (χ0n) is 20.4. The van der Waals surface area contributed by atoms with Crippen LogP contribution in [0.4, 0.5) is 23.0 Å². The molecular weight excluding hydrogens is 625 g/mol. The SMILES string of the molecule is CCSc1nc(O)nc(Nc2ccc(/N=N/c3cc(S(=O)(=O)O)c4cc(S(=O)(=O)O)cc(S(=O)(=O)O)c4c3)cc2)n1. The fraction of sp³-hybridized carbons (Fsp3) is 0.0952. The maximum atomic E-state index is 12.1.